The number of piperidine rings is 1. The summed E-state index contributed by atoms with van der Waals surface area (Å²) >= 11 is 0. The first kappa shape index (κ1) is 22.6. The molecule has 1 atom stereocenters. The highest BCUT2D eigenvalue weighted by Crippen LogP contribution is 2.36. The molecule has 34 heavy (non-hydrogen) atoms. The minimum atomic E-state index is -0.847. The van der Waals surface area contributed by atoms with Crippen LogP contribution in [-0.4, -0.2) is 59.5 Å². The highest BCUT2D eigenvalue weighted by molar-refractivity contribution is 6.07. The fraction of sp³-hybridized carbons (Fsp3) is 0.444. The van der Waals surface area contributed by atoms with Gasteiger partial charge in [0.25, 0.3) is 5.91 Å². The second kappa shape index (κ2) is 8.87. The lowest BCUT2D eigenvalue weighted by molar-refractivity contribution is -0.134. The van der Waals surface area contributed by atoms with Gasteiger partial charge in [-0.3, -0.25) is 14.6 Å². The number of rotatable bonds is 5. The third kappa shape index (κ3) is 3.98. The smallest absolute Gasteiger partial charge is 0.337 e. The van der Waals surface area contributed by atoms with Crippen molar-refractivity contribution in [2.24, 2.45) is 5.92 Å². The summed E-state index contributed by atoms with van der Waals surface area (Å²) in [4.78, 5) is 42.0. The highest BCUT2D eigenvalue weighted by atomic mass is 16.5. The van der Waals surface area contributed by atoms with Crippen LogP contribution in [0.1, 0.15) is 46.8 Å². The molecule has 7 nitrogen and oxygen atoms in total. The maximum Gasteiger partial charge on any atom is 0.337 e. The molecule has 0 bridgehead atoms. The van der Waals surface area contributed by atoms with E-state index in [4.69, 9.17) is 4.74 Å². The highest BCUT2D eigenvalue weighted by Gasteiger charge is 2.55. The predicted molar refractivity (Wildman–Crippen MR) is 127 cm³/mol. The molecule has 2 aromatic rings. The van der Waals surface area contributed by atoms with Gasteiger partial charge in [-0.15, -0.1) is 0 Å². The lowest BCUT2D eigenvalue weighted by atomic mass is 9.78. The Kier molecular flexibility index (Phi) is 5.90. The van der Waals surface area contributed by atoms with Gasteiger partial charge in [0, 0.05) is 12.6 Å². The summed E-state index contributed by atoms with van der Waals surface area (Å²) in [6, 6.07) is 15.3. The van der Waals surface area contributed by atoms with Crippen LogP contribution in [0.15, 0.2) is 48.5 Å². The van der Waals surface area contributed by atoms with Gasteiger partial charge in [-0.1, -0.05) is 36.4 Å². The summed E-state index contributed by atoms with van der Waals surface area (Å²) in [5.74, 6) is -0.303. The Bertz CT molecular complexity index is 1080. The van der Waals surface area contributed by atoms with Crippen molar-refractivity contribution in [2.75, 3.05) is 20.2 Å². The quantitative estimate of drug-likeness (QED) is 0.547. The molecule has 5 rings (SSSR count). The molecule has 2 aromatic carbocycles. The normalized spacial score (nSPS) is 23.8. The number of methoxy groups -OCH3 is 1. The first-order valence-electron chi connectivity index (χ1n) is 12.0. The molecule has 2 heterocycles. The van der Waals surface area contributed by atoms with Crippen molar-refractivity contribution >= 4 is 17.9 Å². The van der Waals surface area contributed by atoms with Gasteiger partial charge in [0.15, 0.2) is 0 Å². The van der Waals surface area contributed by atoms with Gasteiger partial charge in [0.05, 0.1) is 12.7 Å². The Balaban J connectivity index is 1.20. The fourth-order valence-electron chi connectivity index (χ4n) is 5.80. The van der Waals surface area contributed by atoms with Crippen LogP contribution in [-0.2, 0) is 28.9 Å². The number of nitrogens with one attached hydrogen (secondary N) is 1. The van der Waals surface area contributed by atoms with Gasteiger partial charge in [-0.05, 0) is 80.4 Å². The summed E-state index contributed by atoms with van der Waals surface area (Å²) < 4.78 is 4.76. The Morgan fingerprint density at radius 1 is 1.03 bits per heavy atom. The van der Waals surface area contributed by atoms with E-state index in [9.17, 15) is 14.4 Å². The van der Waals surface area contributed by atoms with Crippen molar-refractivity contribution in [3.05, 3.63) is 70.8 Å². The topological polar surface area (TPSA) is 79.0 Å². The molecule has 1 N–H and O–H groups in total. The van der Waals surface area contributed by atoms with Gasteiger partial charge >= 0.3 is 12.0 Å². The van der Waals surface area contributed by atoms with E-state index in [0.717, 1.165) is 50.9 Å². The number of likely N-dealkylation sites (tertiary alicyclic amines) is 1. The van der Waals surface area contributed by atoms with Crippen molar-refractivity contribution in [3.63, 3.8) is 0 Å². The minimum Gasteiger partial charge on any atom is -0.465 e. The van der Waals surface area contributed by atoms with Crippen molar-refractivity contribution in [2.45, 2.75) is 50.7 Å². The average molecular weight is 462 g/mol. The van der Waals surface area contributed by atoms with E-state index >= 15 is 0 Å². The van der Waals surface area contributed by atoms with Crippen LogP contribution in [0.2, 0.25) is 0 Å². The maximum atomic E-state index is 13.6. The zero-order valence-electron chi connectivity index (χ0n) is 19.8. The van der Waals surface area contributed by atoms with Crippen LogP contribution < -0.4 is 5.32 Å². The monoisotopic (exact) mass is 461 g/mol. The molecule has 2 fully saturated rings. The van der Waals surface area contributed by atoms with Crippen LogP contribution in [0.4, 0.5) is 4.79 Å². The molecule has 1 unspecified atom stereocenters. The number of carbonyl (C=O) groups is 3. The molecule has 7 heteroatoms. The average Bonchev–Trinajstić information content (AvgIpc) is 3.37. The lowest BCUT2D eigenvalue weighted by Gasteiger charge is -2.39. The molecule has 2 aliphatic heterocycles. The van der Waals surface area contributed by atoms with Crippen LogP contribution in [0.5, 0.6) is 0 Å². The summed E-state index contributed by atoms with van der Waals surface area (Å²) in [5.41, 5.74) is 3.29. The van der Waals surface area contributed by atoms with Crippen molar-refractivity contribution in [1.29, 1.82) is 0 Å². The van der Waals surface area contributed by atoms with E-state index in [1.807, 2.05) is 31.2 Å². The van der Waals surface area contributed by atoms with Crippen LogP contribution >= 0.6 is 0 Å². The summed E-state index contributed by atoms with van der Waals surface area (Å²) in [6.45, 7) is 4.41. The Morgan fingerprint density at radius 2 is 1.65 bits per heavy atom. The summed E-state index contributed by atoms with van der Waals surface area (Å²) in [5, 5.41) is 3.07. The van der Waals surface area contributed by atoms with Crippen LogP contribution in [0.3, 0.4) is 0 Å². The van der Waals surface area contributed by atoms with E-state index in [0.29, 0.717) is 5.56 Å². The molecule has 0 aromatic heterocycles. The van der Waals surface area contributed by atoms with Crippen molar-refractivity contribution < 1.29 is 19.1 Å². The molecular weight excluding hydrogens is 430 g/mol. The zero-order chi connectivity index (χ0) is 23.9. The Hall–Kier alpha value is -3.19. The maximum absolute atomic E-state index is 13.6. The first-order valence-corrected chi connectivity index (χ1v) is 12.0. The number of nitrogens with zero attached hydrogens (tertiary/aromatic N) is 2. The second-order valence-corrected chi connectivity index (χ2v) is 9.88. The van der Waals surface area contributed by atoms with Gasteiger partial charge in [-0.25, -0.2) is 9.59 Å². The Labute approximate surface area is 200 Å². The number of carbonyl (C=O) groups excluding carboxylic acids is 3. The number of fused-ring (bicyclic) bond motifs is 1. The van der Waals surface area contributed by atoms with E-state index in [1.165, 1.54) is 23.1 Å². The molecule has 1 aliphatic carbocycles. The zero-order valence-corrected chi connectivity index (χ0v) is 19.8. The van der Waals surface area contributed by atoms with E-state index < -0.39 is 5.54 Å². The summed E-state index contributed by atoms with van der Waals surface area (Å²) in [6.07, 6.45) is 3.17. The van der Waals surface area contributed by atoms with E-state index in [-0.39, 0.29) is 29.9 Å². The van der Waals surface area contributed by atoms with E-state index in [2.05, 4.69) is 22.3 Å². The second-order valence-electron chi connectivity index (χ2n) is 9.88. The molecule has 178 valence electrons. The molecule has 3 amide bonds. The van der Waals surface area contributed by atoms with Gasteiger partial charge in [-0.2, -0.15) is 0 Å². The van der Waals surface area contributed by atoms with Gasteiger partial charge < -0.3 is 10.1 Å². The van der Waals surface area contributed by atoms with Crippen molar-refractivity contribution in [1.82, 2.24) is 15.1 Å². The number of ether oxygens (including phenoxy) is 1. The van der Waals surface area contributed by atoms with Crippen LogP contribution in [0.25, 0.3) is 0 Å². The number of amides is 3. The number of hydrogen-bond donors (Lipinski definition) is 1. The molecule has 0 saturated carbocycles. The number of imide groups is 1. The number of esters is 1. The number of hydrogen-bond acceptors (Lipinski definition) is 5. The Morgan fingerprint density at radius 3 is 2.24 bits per heavy atom. The molecular formula is C27H31N3O4. The molecule has 0 radical (unpaired) electrons. The number of urea groups is 1. The molecule has 2 saturated heterocycles. The SMILES string of the molecule is COC(=O)c1ccc(CN2CCC(C3(C)NC(=O)N(C4Cc5ccccc5C4)C3=O)CC2)cc1. The standard InChI is InChI=1S/C27H31N3O4/c1-27(25(32)30(26(33)28-27)23-15-20-5-3-4-6-21(20)16-23)22-11-13-29(14-12-22)17-18-7-9-19(10-8-18)24(31)34-2/h3-10,22-23H,11-17H2,1-2H3,(H,28,33). The van der Waals surface area contributed by atoms with Gasteiger partial charge in [0.1, 0.15) is 5.54 Å². The predicted octanol–water partition coefficient (Wildman–Crippen LogP) is 3.16. The molecule has 3 aliphatic rings. The van der Waals surface area contributed by atoms with Gasteiger partial charge in [0.2, 0.25) is 0 Å². The first-order chi connectivity index (χ1) is 16.4. The largest absolute Gasteiger partial charge is 0.465 e. The van der Waals surface area contributed by atoms with Crippen molar-refractivity contribution in [3.8, 4) is 0 Å². The number of benzene rings is 2. The molecule has 0 spiro atoms. The summed E-state index contributed by atoms with van der Waals surface area (Å²) in [7, 11) is 1.38. The van der Waals surface area contributed by atoms with Crippen LogP contribution in [0, 0.1) is 5.92 Å². The van der Waals surface area contributed by atoms with E-state index in [1.54, 1.807) is 12.1 Å². The third-order valence-electron chi connectivity index (χ3n) is 7.83. The fourth-order valence-corrected chi connectivity index (χ4v) is 5.80. The lowest BCUT2D eigenvalue weighted by Crippen LogP contribution is -2.54. The minimum absolute atomic E-state index is 0.0767. The third-order valence-corrected chi connectivity index (χ3v) is 7.83.